The van der Waals surface area contributed by atoms with Gasteiger partial charge in [0.15, 0.2) is 0 Å². The highest BCUT2D eigenvalue weighted by Gasteiger charge is 2.34. The van der Waals surface area contributed by atoms with Gasteiger partial charge in [-0.15, -0.1) is 0 Å². The number of hydrogen-bond acceptors (Lipinski definition) is 3. The zero-order valence-corrected chi connectivity index (χ0v) is 11.6. The number of nitrogen functional groups attached to an aromatic ring is 1. The summed E-state index contributed by atoms with van der Waals surface area (Å²) in [6.07, 6.45) is 1.77. The number of hydrogen-bond donors (Lipinski definition) is 1. The van der Waals surface area contributed by atoms with Crippen molar-refractivity contribution in [2.45, 2.75) is 19.4 Å². The molecule has 5 nitrogen and oxygen atoms in total. The molecular formula is C13H22N4O. The predicted molar refractivity (Wildman–Crippen MR) is 72.4 cm³/mol. The molecule has 1 aromatic rings. The van der Waals surface area contributed by atoms with Gasteiger partial charge in [-0.3, -0.25) is 9.69 Å². The molecule has 1 saturated heterocycles. The van der Waals surface area contributed by atoms with Crippen LogP contribution in [0.15, 0.2) is 12.3 Å². The fraction of sp³-hybridized carbons (Fsp3) is 0.615. The molecule has 18 heavy (non-hydrogen) atoms. The molecule has 1 fully saturated rings. The van der Waals surface area contributed by atoms with Crippen LogP contribution in [-0.2, 0) is 7.05 Å². The second kappa shape index (κ2) is 4.31. The van der Waals surface area contributed by atoms with E-state index in [0.717, 1.165) is 19.6 Å². The molecular weight excluding hydrogens is 228 g/mol. The number of amides is 1. The number of carbonyl (C=O) groups is 1. The van der Waals surface area contributed by atoms with Crippen LogP contribution in [0.4, 0.5) is 5.69 Å². The summed E-state index contributed by atoms with van der Waals surface area (Å²) in [5.41, 5.74) is 7.03. The zero-order chi connectivity index (χ0) is 13.5. The average molecular weight is 250 g/mol. The van der Waals surface area contributed by atoms with Crippen LogP contribution in [0.25, 0.3) is 0 Å². The van der Waals surface area contributed by atoms with Crippen LogP contribution in [0.2, 0.25) is 0 Å². The molecule has 1 aromatic heterocycles. The second-order valence-corrected chi connectivity index (χ2v) is 5.73. The second-order valence-electron chi connectivity index (χ2n) is 5.73. The van der Waals surface area contributed by atoms with Crippen molar-refractivity contribution < 1.29 is 4.79 Å². The highest BCUT2D eigenvalue weighted by Crippen LogP contribution is 2.21. The Balaban J connectivity index is 2.18. The van der Waals surface area contributed by atoms with Crippen LogP contribution in [0, 0.1) is 0 Å². The Hall–Kier alpha value is -1.49. The average Bonchev–Trinajstić information content (AvgIpc) is 2.60. The number of rotatable bonds is 1. The van der Waals surface area contributed by atoms with E-state index in [1.165, 1.54) is 0 Å². The highest BCUT2D eigenvalue weighted by atomic mass is 16.2. The summed E-state index contributed by atoms with van der Waals surface area (Å²) < 4.78 is 1.79. The number of piperazine rings is 1. The first-order valence-electron chi connectivity index (χ1n) is 6.23. The van der Waals surface area contributed by atoms with Gasteiger partial charge in [0, 0.05) is 38.4 Å². The Labute approximate surface area is 108 Å². The fourth-order valence-corrected chi connectivity index (χ4v) is 2.38. The van der Waals surface area contributed by atoms with Gasteiger partial charge < -0.3 is 15.2 Å². The van der Waals surface area contributed by atoms with Crippen molar-refractivity contribution in [3.63, 3.8) is 0 Å². The van der Waals surface area contributed by atoms with Gasteiger partial charge >= 0.3 is 0 Å². The van der Waals surface area contributed by atoms with Gasteiger partial charge in [-0.2, -0.15) is 0 Å². The van der Waals surface area contributed by atoms with Crippen molar-refractivity contribution in [3.8, 4) is 0 Å². The zero-order valence-electron chi connectivity index (χ0n) is 11.6. The molecule has 0 unspecified atom stereocenters. The van der Waals surface area contributed by atoms with Gasteiger partial charge in [0.1, 0.15) is 5.69 Å². The summed E-state index contributed by atoms with van der Waals surface area (Å²) in [6.45, 7) is 6.73. The summed E-state index contributed by atoms with van der Waals surface area (Å²) in [4.78, 5) is 16.7. The lowest BCUT2D eigenvalue weighted by molar-refractivity contribution is 0.0304. The maximum absolute atomic E-state index is 12.5. The molecule has 1 aliphatic rings. The summed E-state index contributed by atoms with van der Waals surface area (Å²) >= 11 is 0. The molecule has 2 heterocycles. The standard InChI is InChI=1S/C13H22N4O/c1-13(2)9-17(6-5-16(13)4)12(18)11-7-10(14)8-15(11)3/h7-8H,5-6,9,14H2,1-4H3. The smallest absolute Gasteiger partial charge is 0.270 e. The molecule has 0 aliphatic carbocycles. The lowest BCUT2D eigenvalue weighted by Crippen LogP contribution is -2.59. The van der Waals surface area contributed by atoms with Gasteiger partial charge in [-0.05, 0) is 27.0 Å². The fourth-order valence-electron chi connectivity index (χ4n) is 2.38. The number of anilines is 1. The molecule has 0 radical (unpaired) electrons. The number of aromatic nitrogens is 1. The molecule has 5 heteroatoms. The van der Waals surface area contributed by atoms with Crippen LogP contribution in [0.3, 0.4) is 0 Å². The van der Waals surface area contributed by atoms with Crippen molar-refractivity contribution >= 4 is 11.6 Å². The van der Waals surface area contributed by atoms with E-state index >= 15 is 0 Å². The van der Waals surface area contributed by atoms with Crippen LogP contribution >= 0.6 is 0 Å². The maximum Gasteiger partial charge on any atom is 0.270 e. The summed E-state index contributed by atoms with van der Waals surface area (Å²) in [5.74, 6) is 0.0652. The molecule has 1 amide bonds. The largest absolute Gasteiger partial charge is 0.397 e. The van der Waals surface area contributed by atoms with Crippen LogP contribution in [0.5, 0.6) is 0 Å². The number of nitrogens with zero attached hydrogens (tertiary/aromatic N) is 3. The van der Waals surface area contributed by atoms with Crippen molar-refractivity contribution in [1.82, 2.24) is 14.4 Å². The molecule has 0 aromatic carbocycles. The van der Waals surface area contributed by atoms with Crippen molar-refractivity contribution in [1.29, 1.82) is 0 Å². The Bertz CT molecular complexity index is 464. The van der Waals surface area contributed by atoms with E-state index in [1.54, 1.807) is 16.8 Å². The van der Waals surface area contributed by atoms with Crippen LogP contribution in [0.1, 0.15) is 24.3 Å². The third-order valence-electron chi connectivity index (χ3n) is 3.85. The molecule has 0 saturated carbocycles. The lowest BCUT2D eigenvalue weighted by atomic mass is 9.99. The normalized spacial score (nSPS) is 20.1. The Kier molecular flexibility index (Phi) is 3.11. The van der Waals surface area contributed by atoms with E-state index in [2.05, 4.69) is 25.8 Å². The van der Waals surface area contributed by atoms with Gasteiger partial charge in [0.25, 0.3) is 5.91 Å². The predicted octanol–water partition coefficient (Wildman–Crippen LogP) is 0.773. The molecule has 0 atom stereocenters. The molecule has 2 rings (SSSR count). The van der Waals surface area contributed by atoms with Gasteiger partial charge in [0.2, 0.25) is 0 Å². The third kappa shape index (κ3) is 2.22. The van der Waals surface area contributed by atoms with Gasteiger partial charge in [0.05, 0.1) is 5.69 Å². The minimum atomic E-state index is 0.0185. The number of carbonyl (C=O) groups excluding carboxylic acids is 1. The molecule has 0 bridgehead atoms. The molecule has 100 valence electrons. The number of aryl methyl sites for hydroxylation is 1. The maximum atomic E-state index is 12.5. The third-order valence-corrected chi connectivity index (χ3v) is 3.85. The van der Waals surface area contributed by atoms with Crippen molar-refractivity contribution in [2.75, 3.05) is 32.4 Å². The van der Waals surface area contributed by atoms with E-state index in [1.807, 2.05) is 11.9 Å². The number of likely N-dealkylation sites (N-methyl/N-ethyl adjacent to an activating group) is 1. The van der Waals surface area contributed by atoms with E-state index in [-0.39, 0.29) is 11.4 Å². The molecule has 1 aliphatic heterocycles. The topological polar surface area (TPSA) is 54.5 Å². The minimum Gasteiger partial charge on any atom is -0.397 e. The van der Waals surface area contributed by atoms with E-state index in [4.69, 9.17) is 5.73 Å². The van der Waals surface area contributed by atoms with Crippen LogP contribution < -0.4 is 5.73 Å². The first-order valence-corrected chi connectivity index (χ1v) is 6.23. The van der Waals surface area contributed by atoms with Crippen LogP contribution in [-0.4, -0.2) is 52.5 Å². The van der Waals surface area contributed by atoms with E-state index in [9.17, 15) is 4.79 Å². The Morgan fingerprint density at radius 1 is 1.33 bits per heavy atom. The Morgan fingerprint density at radius 2 is 2.00 bits per heavy atom. The Morgan fingerprint density at radius 3 is 2.50 bits per heavy atom. The summed E-state index contributed by atoms with van der Waals surface area (Å²) in [7, 11) is 3.95. The quantitative estimate of drug-likeness (QED) is 0.801. The molecule has 2 N–H and O–H groups in total. The number of nitrogens with two attached hydrogens (primary N) is 1. The van der Waals surface area contributed by atoms with Gasteiger partial charge in [-0.1, -0.05) is 0 Å². The first kappa shape index (κ1) is 13.0. The lowest BCUT2D eigenvalue weighted by Gasteiger charge is -2.45. The van der Waals surface area contributed by atoms with Gasteiger partial charge in [-0.25, -0.2) is 0 Å². The van der Waals surface area contributed by atoms with Crippen molar-refractivity contribution in [3.05, 3.63) is 18.0 Å². The van der Waals surface area contributed by atoms with E-state index < -0.39 is 0 Å². The minimum absolute atomic E-state index is 0.0185. The monoisotopic (exact) mass is 250 g/mol. The van der Waals surface area contributed by atoms with Crippen molar-refractivity contribution in [2.24, 2.45) is 7.05 Å². The SMILES string of the molecule is CN1CCN(C(=O)c2cc(N)cn2C)CC1(C)C. The summed E-state index contributed by atoms with van der Waals surface area (Å²) in [5, 5.41) is 0. The summed E-state index contributed by atoms with van der Waals surface area (Å²) in [6, 6.07) is 1.74. The molecule has 0 spiro atoms. The highest BCUT2D eigenvalue weighted by molar-refractivity contribution is 5.94. The first-order chi connectivity index (χ1) is 8.31. The van der Waals surface area contributed by atoms with E-state index in [0.29, 0.717) is 11.4 Å².